The van der Waals surface area contributed by atoms with Gasteiger partial charge in [-0.3, -0.25) is 9.59 Å². The van der Waals surface area contributed by atoms with E-state index < -0.39 is 0 Å². The van der Waals surface area contributed by atoms with Gasteiger partial charge in [0.05, 0.1) is 15.7 Å². The normalized spacial score (nSPS) is 10.4. The Kier molecular flexibility index (Phi) is 5.65. The fraction of sp³-hybridized carbons (Fsp3) is 0.105. The third kappa shape index (κ3) is 4.68. The molecule has 0 unspecified atom stereocenters. The summed E-state index contributed by atoms with van der Waals surface area (Å²) in [6.07, 6.45) is 0.687. The summed E-state index contributed by atoms with van der Waals surface area (Å²) in [4.78, 5) is 28.0. The number of hydrogen-bond donors (Lipinski definition) is 2. The standard InChI is InChI=1S/C19H16ClN3O2S/c1-12(24)21-16-10-14(7-8-15(16)20)22-19(25)17-11-26-18(23-17)9-13-5-3-2-4-6-13/h2-8,10-11H,9H2,1H3,(H,21,24)(H,22,25). The third-order valence-corrected chi connectivity index (χ3v) is 4.70. The predicted molar refractivity (Wildman–Crippen MR) is 105 cm³/mol. The van der Waals surface area contributed by atoms with E-state index in [1.54, 1.807) is 23.6 Å². The van der Waals surface area contributed by atoms with E-state index in [9.17, 15) is 9.59 Å². The van der Waals surface area contributed by atoms with Crippen LogP contribution in [0.3, 0.4) is 0 Å². The molecule has 0 spiro atoms. The lowest BCUT2D eigenvalue weighted by molar-refractivity contribution is -0.114. The molecule has 0 saturated heterocycles. The summed E-state index contributed by atoms with van der Waals surface area (Å²) in [6, 6.07) is 14.9. The Morgan fingerprint density at radius 1 is 1.12 bits per heavy atom. The van der Waals surface area contributed by atoms with Gasteiger partial charge in [0, 0.05) is 24.4 Å². The van der Waals surface area contributed by atoms with Crippen LogP contribution in [0.1, 0.15) is 28.0 Å². The molecule has 0 aliphatic rings. The first-order valence-corrected chi connectivity index (χ1v) is 9.14. The summed E-state index contributed by atoms with van der Waals surface area (Å²) in [5.74, 6) is -0.544. The van der Waals surface area contributed by atoms with E-state index in [1.807, 2.05) is 30.3 Å². The Bertz CT molecular complexity index is 941. The van der Waals surface area contributed by atoms with Crippen molar-refractivity contribution in [1.82, 2.24) is 4.98 Å². The van der Waals surface area contributed by atoms with E-state index in [1.165, 1.54) is 18.3 Å². The van der Waals surface area contributed by atoms with E-state index in [0.29, 0.717) is 28.5 Å². The number of nitrogens with one attached hydrogen (secondary N) is 2. The van der Waals surface area contributed by atoms with Gasteiger partial charge in [-0.25, -0.2) is 4.98 Å². The van der Waals surface area contributed by atoms with Crippen molar-refractivity contribution in [2.45, 2.75) is 13.3 Å². The van der Waals surface area contributed by atoms with Crippen LogP contribution in [0.15, 0.2) is 53.9 Å². The molecule has 0 radical (unpaired) electrons. The number of rotatable bonds is 5. The number of hydrogen-bond acceptors (Lipinski definition) is 4. The van der Waals surface area contributed by atoms with E-state index in [2.05, 4.69) is 15.6 Å². The SMILES string of the molecule is CC(=O)Nc1cc(NC(=O)c2csc(Cc3ccccc3)n2)ccc1Cl. The molecule has 2 N–H and O–H groups in total. The van der Waals surface area contributed by atoms with E-state index in [0.717, 1.165) is 10.6 Å². The van der Waals surface area contributed by atoms with Crippen LogP contribution in [0.25, 0.3) is 0 Å². The molecule has 1 heterocycles. The second-order valence-corrected chi connectivity index (χ2v) is 6.97. The maximum absolute atomic E-state index is 12.4. The number of amides is 2. The summed E-state index contributed by atoms with van der Waals surface area (Å²) < 4.78 is 0. The molecule has 0 aliphatic carbocycles. The minimum Gasteiger partial charge on any atom is -0.325 e. The Hall–Kier alpha value is -2.70. The number of carbonyl (C=O) groups excluding carboxylic acids is 2. The summed E-state index contributed by atoms with van der Waals surface area (Å²) in [5, 5.41) is 8.40. The average molecular weight is 386 g/mol. The number of nitrogens with zero attached hydrogens (tertiary/aromatic N) is 1. The molecule has 2 amide bonds. The van der Waals surface area contributed by atoms with Crippen LogP contribution in [0.4, 0.5) is 11.4 Å². The van der Waals surface area contributed by atoms with Crippen molar-refractivity contribution < 1.29 is 9.59 Å². The van der Waals surface area contributed by atoms with Gasteiger partial charge in [0.2, 0.25) is 5.91 Å². The number of thiazole rings is 1. The summed E-state index contributed by atoms with van der Waals surface area (Å²) in [5.41, 5.74) is 2.48. The maximum atomic E-state index is 12.4. The summed E-state index contributed by atoms with van der Waals surface area (Å²) in [6.45, 7) is 1.39. The molecule has 26 heavy (non-hydrogen) atoms. The molecule has 0 saturated carbocycles. The molecule has 5 nitrogen and oxygen atoms in total. The number of halogens is 1. The topological polar surface area (TPSA) is 71.1 Å². The second-order valence-electron chi connectivity index (χ2n) is 5.62. The Morgan fingerprint density at radius 3 is 2.62 bits per heavy atom. The van der Waals surface area contributed by atoms with Crippen molar-refractivity contribution >= 4 is 46.1 Å². The predicted octanol–water partition coefficient (Wildman–Crippen LogP) is 4.60. The van der Waals surface area contributed by atoms with Crippen molar-refractivity contribution in [2.24, 2.45) is 0 Å². The van der Waals surface area contributed by atoms with Crippen LogP contribution in [0, 0.1) is 0 Å². The molecule has 132 valence electrons. The van der Waals surface area contributed by atoms with E-state index in [4.69, 9.17) is 11.6 Å². The van der Waals surface area contributed by atoms with Crippen molar-refractivity contribution in [3.63, 3.8) is 0 Å². The van der Waals surface area contributed by atoms with Gasteiger partial charge in [0.15, 0.2) is 0 Å². The molecule has 3 rings (SSSR count). The summed E-state index contributed by atoms with van der Waals surface area (Å²) >= 11 is 7.48. The Balaban J connectivity index is 1.70. The van der Waals surface area contributed by atoms with Crippen LogP contribution in [-0.2, 0) is 11.2 Å². The van der Waals surface area contributed by atoms with Crippen molar-refractivity contribution in [1.29, 1.82) is 0 Å². The van der Waals surface area contributed by atoms with Gasteiger partial charge in [-0.05, 0) is 23.8 Å². The first-order chi connectivity index (χ1) is 12.5. The average Bonchev–Trinajstić information content (AvgIpc) is 3.07. The van der Waals surface area contributed by atoms with Crippen LogP contribution in [0.5, 0.6) is 0 Å². The number of carbonyl (C=O) groups is 2. The molecule has 7 heteroatoms. The van der Waals surface area contributed by atoms with Crippen LogP contribution < -0.4 is 10.6 Å². The van der Waals surface area contributed by atoms with Gasteiger partial charge >= 0.3 is 0 Å². The minimum atomic E-state index is -0.309. The number of aromatic nitrogens is 1. The fourth-order valence-corrected chi connectivity index (χ4v) is 3.32. The first kappa shape index (κ1) is 18.1. The Morgan fingerprint density at radius 2 is 1.88 bits per heavy atom. The highest BCUT2D eigenvalue weighted by Gasteiger charge is 2.12. The number of anilines is 2. The summed E-state index contributed by atoms with van der Waals surface area (Å²) in [7, 11) is 0. The Labute approximate surface area is 160 Å². The van der Waals surface area contributed by atoms with Crippen molar-refractivity contribution in [3.05, 3.63) is 75.2 Å². The molecule has 1 aromatic heterocycles. The zero-order valence-corrected chi connectivity index (χ0v) is 15.5. The van der Waals surface area contributed by atoms with Gasteiger partial charge in [0.1, 0.15) is 5.69 Å². The number of benzene rings is 2. The third-order valence-electron chi connectivity index (χ3n) is 3.52. The lowest BCUT2D eigenvalue weighted by Gasteiger charge is -2.08. The molecule has 0 bridgehead atoms. The van der Waals surface area contributed by atoms with Crippen molar-refractivity contribution in [3.8, 4) is 0 Å². The van der Waals surface area contributed by atoms with Crippen LogP contribution >= 0.6 is 22.9 Å². The monoisotopic (exact) mass is 385 g/mol. The quantitative estimate of drug-likeness (QED) is 0.674. The molecule has 3 aromatic rings. The zero-order valence-electron chi connectivity index (χ0n) is 14.0. The highest BCUT2D eigenvalue weighted by atomic mass is 35.5. The molecule has 0 aliphatic heterocycles. The fourth-order valence-electron chi connectivity index (χ4n) is 2.35. The molecule has 0 atom stereocenters. The second kappa shape index (κ2) is 8.12. The largest absolute Gasteiger partial charge is 0.325 e. The van der Waals surface area contributed by atoms with Crippen molar-refractivity contribution in [2.75, 3.05) is 10.6 Å². The van der Waals surface area contributed by atoms with Gasteiger partial charge in [-0.2, -0.15) is 0 Å². The zero-order chi connectivity index (χ0) is 18.5. The van der Waals surface area contributed by atoms with E-state index in [-0.39, 0.29) is 11.8 Å². The van der Waals surface area contributed by atoms with Gasteiger partial charge < -0.3 is 10.6 Å². The lowest BCUT2D eigenvalue weighted by atomic mass is 10.2. The smallest absolute Gasteiger partial charge is 0.275 e. The minimum absolute atomic E-state index is 0.236. The maximum Gasteiger partial charge on any atom is 0.275 e. The molecular weight excluding hydrogens is 370 g/mol. The van der Waals surface area contributed by atoms with Crippen LogP contribution in [0.2, 0.25) is 5.02 Å². The lowest BCUT2D eigenvalue weighted by Crippen LogP contribution is -2.13. The van der Waals surface area contributed by atoms with Gasteiger partial charge in [0.25, 0.3) is 5.91 Å². The van der Waals surface area contributed by atoms with E-state index >= 15 is 0 Å². The van der Waals surface area contributed by atoms with Crippen LogP contribution in [-0.4, -0.2) is 16.8 Å². The highest BCUT2D eigenvalue weighted by molar-refractivity contribution is 7.09. The molecular formula is C19H16ClN3O2S. The molecule has 2 aromatic carbocycles. The highest BCUT2D eigenvalue weighted by Crippen LogP contribution is 2.26. The van der Waals surface area contributed by atoms with Gasteiger partial charge in [-0.1, -0.05) is 41.9 Å². The first-order valence-electron chi connectivity index (χ1n) is 7.88. The molecule has 0 fully saturated rings. The van der Waals surface area contributed by atoms with Gasteiger partial charge in [-0.15, -0.1) is 11.3 Å².